The molecule has 0 amide bonds. The number of nitrogens with zero attached hydrogens (tertiary/aromatic N) is 4. The van der Waals surface area contributed by atoms with E-state index >= 15 is 0 Å². The molecule has 0 aliphatic carbocycles. The van der Waals surface area contributed by atoms with E-state index in [1.165, 1.54) is 23.0 Å². The van der Waals surface area contributed by atoms with Crippen LogP contribution < -0.4 is 10.3 Å². The van der Waals surface area contributed by atoms with E-state index < -0.39 is 4.92 Å². The van der Waals surface area contributed by atoms with E-state index in [2.05, 4.69) is 26.0 Å². The van der Waals surface area contributed by atoms with Crippen LogP contribution in [0.5, 0.6) is 5.75 Å². The number of hydrogen-bond acceptors (Lipinski definition) is 7. The fourth-order valence-corrected chi connectivity index (χ4v) is 5.52. The van der Waals surface area contributed by atoms with Crippen molar-refractivity contribution in [2.45, 2.75) is 6.61 Å². The van der Waals surface area contributed by atoms with Crippen molar-refractivity contribution >= 4 is 72.9 Å². The molecule has 0 aliphatic heterocycles. The first kappa shape index (κ1) is 27.6. The van der Waals surface area contributed by atoms with Gasteiger partial charge in [-0.3, -0.25) is 14.9 Å². The van der Waals surface area contributed by atoms with Gasteiger partial charge in [0.1, 0.15) is 12.2 Å². The number of benzene rings is 4. The van der Waals surface area contributed by atoms with Gasteiger partial charge in [0.2, 0.25) is 5.82 Å². The van der Waals surface area contributed by atoms with Gasteiger partial charge in [0.05, 0.1) is 31.5 Å². The molecule has 0 atom stereocenters. The number of furan rings is 1. The van der Waals surface area contributed by atoms with Gasteiger partial charge < -0.3 is 9.15 Å². The van der Waals surface area contributed by atoms with Crippen LogP contribution in [0.4, 0.5) is 5.69 Å². The molecule has 4 aromatic carbocycles. The molecule has 0 saturated carbocycles. The van der Waals surface area contributed by atoms with Gasteiger partial charge in [-0.25, -0.2) is 4.98 Å². The van der Waals surface area contributed by atoms with Gasteiger partial charge in [-0.2, -0.15) is 9.78 Å². The average molecular weight is 664 g/mol. The Hall–Kier alpha value is -4.51. The maximum absolute atomic E-state index is 13.5. The minimum atomic E-state index is -0.466. The van der Waals surface area contributed by atoms with Gasteiger partial charge in [0.15, 0.2) is 11.5 Å². The molecule has 42 heavy (non-hydrogen) atoms. The highest BCUT2D eigenvalue weighted by atomic mass is 79.9. The number of aromatic nitrogens is 2. The highest BCUT2D eigenvalue weighted by Crippen LogP contribution is 2.35. The molecule has 0 bridgehead atoms. The zero-order valence-electron chi connectivity index (χ0n) is 21.3. The molecule has 0 aliphatic rings. The summed E-state index contributed by atoms with van der Waals surface area (Å²) in [5, 5.41) is 17.5. The van der Waals surface area contributed by atoms with E-state index in [9.17, 15) is 14.9 Å². The standard InChI is InChI=1S/C30H17BrCl2N4O5/c31-23-11-18(12-24(33)28(23)41-16-17-4-3-5-21(10-17)37(39)40)15-34-36-29(35-25-7-2-1-6-22(25)30(36)38)27-14-19-13-20(32)8-9-26(19)42-27/h1-15H,16H2. The lowest BCUT2D eigenvalue weighted by Gasteiger charge is -2.11. The van der Waals surface area contributed by atoms with Gasteiger partial charge in [-0.05, 0) is 75.6 Å². The minimum absolute atomic E-state index is 0.0305. The van der Waals surface area contributed by atoms with E-state index in [1.807, 2.05) is 0 Å². The number of halogens is 3. The molecular formula is C30H17BrCl2N4O5. The van der Waals surface area contributed by atoms with Crippen LogP contribution in [-0.2, 0) is 6.61 Å². The van der Waals surface area contributed by atoms with Gasteiger partial charge in [0.25, 0.3) is 11.2 Å². The van der Waals surface area contributed by atoms with Crippen LogP contribution in [0.2, 0.25) is 10.0 Å². The number of fused-ring (bicyclic) bond motifs is 2. The predicted molar refractivity (Wildman–Crippen MR) is 166 cm³/mol. The summed E-state index contributed by atoms with van der Waals surface area (Å²) in [5.74, 6) is 0.909. The van der Waals surface area contributed by atoms with Crippen molar-refractivity contribution in [2.24, 2.45) is 5.10 Å². The normalized spacial score (nSPS) is 11.5. The first-order valence-corrected chi connectivity index (χ1v) is 13.9. The second-order valence-electron chi connectivity index (χ2n) is 9.14. The maximum Gasteiger partial charge on any atom is 0.282 e. The number of nitro groups is 1. The topological polar surface area (TPSA) is 113 Å². The Balaban J connectivity index is 1.35. The van der Waals surface area contributed by atoms with Crippen LogP contribution >= 0.6 is 39.1 Å². The van der Waals surface area contributed by atoms with Crippen LogP contribution in [0.25, 0.3) is 33.5 Å². The number of para-hydroxylation sites is 1. The molecule has 6 rings (SSSR count). The maximum atomic E-state index is 13.5. The second kappa shape index (κ2) is 11.4. The fourth-order valence-electron chi connectivity index (χ4n) is 4.35. The predicted octanol–water partition coefficient (Wildman–Crippen LogP) is 8.25. The molecule has 0 spiro atoms. The molecule has 0 N–H and O–H groups in total. The van der Waals surface area contributed by atoms with E-state index in [-0.39, 0.29) is 28.7 Å². The van der Waals surface area contributed by atoms with Crippen LogP contribution in [0.3, 0.4) is 0 Å². The summed E-state index contributed by atoms with van der Waals surface area (Å²) in [6.07, 6.45) is 1.47. The molecule has 9 nitrogen and oxygen atoms in total. The molecule has 0 fully saturated rings. The highest BCUT2D eigenvalue weighted by molar-refractivity contribution is 9.10. The molecule has 12 heteroatoms. The molecular weight excluding hydrogens is 647 g/mol. The summed E-state index contributed by atoms with van der Waals surface area (Å²) in [6, 6.07) is 23.5. The number of hydrogen-bond donors (Lipinski definition) is 0. The lowest BCUT2D eigenvalue weighted by atomic mass is 10.2. The Kier molecular flexibility index (Phi) is 7.51. The quantitative estimate of drug-likeness (QED) is 0.0966. The number of ether oxygens (including phenoxy) is 1. The second-order valence-corrected chi connectivity index (χ2v) is 10.8. The third kappa shape index (κ3) is 5.52. The van der Waals surface area contributed by atoms with Crippen molar-refractivity contribution in [3.63, 3.8) is 0 Å². The number of rotatable bonds is 7. The summed E-state index contributed by atoms with van der Waals surface area (Å²) in [7, 11) is 0. The Labute approximate surface area is 255 Å². The average Bonchev–Trinajstić information content (AvgIpc) is 3.39. The molecule has 6 aromatic rings. The van der Waals surface area contributed by atoms with Crippen molar-refractivity contribution < 1.29 is 14.1 Å². The van der Waals surface area contributed by atoms with Crippen molar-refractivity contribution in [3.8, 4) is 17.3 Å². The van der Waals surface area contributed by atoms with Crippen LogP contribution in [0.1, 0.15) is 11.1 Å². The Bertz CT molecular complexity index is 2090. The van der Waals surface area contributed by atoms with Crippen molar-refractivity contribution in [3.05, 3.63) is 131 Å². The van der Waals surface area contributed by atoms with Gasteiger partial charge in [-0.15, -0.1) is 0 Å². The van der Waals surface area contributed by atoms with E-state index in [0.29, 0.717) is 48.6 Å². The molecule has 2 aromatic heterocycles. The van der Waals surface area contributed by atoms with Gasteiger partial charge >= 0.3 is 0 Å². The summed E-state index contributed by atoms with van der Waals surface area (Å²) >= 11 is 16.1. The summed E-state index contributed by atoms with van der Waals surface area (Å²) in [6.45, 7) is 0.0671. The molecule has 2 heterocycles. The van der Waals surface area contributed by atoms with E-state index in [1.54, 1.807) is 72.8 Å². The van der Waals surface area contributed by atoms with Crippen LogP contribution in [0.15, 0.2) is 104 Å². The third-order valence-corrected chi connectivity index (χ3v) is 7.40. The lowest BCUT2D eigenvalue weighted by Crippen LogP contribution is -2.20. The monoisotopic (exact) mass is 662 g/mol. The van der Waals surface area contributed by atoms with E-state index in [0.717, 1.165) is 5.39 Å². The molecule has 0 saturated heterocycles. The number of nitro benzene ring substituents is 1. The zero-order chi connectivity index (χ0) is 29.4. The van der Waals surface area contributed by atoms with E-state index in [4.69, 9.17) is 32.4 Å². The van der Waals surface area contributed by atoms with Crippen molar-refractivity contribution in [1.82, 2.24) is 9.66 Å². The van der Waals surface area contributed by atoms with Gasteiger partial charge in [0, 0.05) is 22.5 Å². The summed E-state index contributed by atoms with van der Waals surface area (Å²) in [4.78, 5) is 28.8. The molecule has 0 radical (unpaired) electrons. The SMILES string of the molecule is O=c1c2ccccc2nc(-c2cc3cc(Cl)ccc3o2)n1N=Cc1cc(Cl)c(OCc2cccc([N+](=O)[O-])c2)c(Br)c1. The summed E-state index contributed by atoms with van der Waals surface area (Å²) in [5.41, 5.74) is 1.85. The van der Waals surface area contributed by atoms with Crippen molar-refractivity contribution in [2.75, 3.05) is 0 Å². The Morgan fingerprint density at radius 2 is 1.88 bits per heavy atom. The molecule has 0 unspecified atom stereocenters. The highest BCUT2D eigenvalue weighted by Gasteiger charge is 2.17. The first-order valence-electron chi connectivity index (χ1n) is 12.4. The minimum Gasteiger partial charge on any atom is -0.486 e. The third-order valence-electron chi connectivity index (χ3n) is 6.30. The largest absolute Gasteiger partial charge is 0.486 e. The number of non-ortho nitro benzene ring substituents is 1. The van der Waals surface area contributed by atoms with Crippen molar-refractivity contribution in [1.29, 1.82) is 0 Å². The Morgan fingerprint density at radius 1 is 1.05 bits per heavy atom. The lowest BCUT2D eigenvalue weighted by molar-refractivity contribution is -0.384. The van der Waals surface area contributed by atoms with Crippen LogP contribution in [-0.4, -0.2) is 20.8 Å². The molecule has 208 valence electrons. The zero-order valence-corrected chi connectivity index (χ0v) is 24.4. The van der Waals surface area contributed by atoms with Crippen LogP contribution in [0, 0.1) is 10.1 Å². The smallest absolute Gasteiger partial charge is 0.282 e. The Morgan fingerprint density at radius 3 is 2.69 bits per heavy atom. The summed E-state index contributed by atoms with van der Waals surface area (Å²) < 4.78 is 13.6. The first-order chi connectivity index (χ1) is 20.3. The van der Waals surface area contributed by atoms with Gasteiger partial charge in [-0.1, -0.05) is 47.5 Å². The fraction of sp³-hybridized carbons (Fsp3) is 0.0333.